The van der Waals surface area contributed by atoms with Crippen LogP contribution in [0.15, 0.2) is 122 Å². The van der Waals surface area contributed by atoms with E-state index in [9.17, 15) is 28.8 Å². The van der Waals surface area contributed by atoms with Crippen molar-refractivity contribution in [2.45, 2.75) is 38.8 Å². The molecular weight excluding hydrogens is 829 g/mol. The maximum Gasteiger partial charge on any atom is 0.419 e. The van der Waals surface area contributed by atoms with Gasteiger partial charge in [0.2, 0.25) is 0 Å². The highest BCUT2D eigenvalue weighted by molar-refractivity contribution is 6.03. The maximum atomic E-state index is 13.4. The summed E-state index contributed by atoms with van der Waals surface area (Å²) in [6.45, 7) is 4.64. The molecule has 4 N–H and O–H groups in total. The van der Waals surface area contributed by atoms with Gasteiger partial charge >= 0.3 is 24.1 Å². The predicted octanol–water partition coefficient (Wildman–Crippen LogP) is 7.12. The first-order chi connectivity index (χ1) is 31.0. The molecule has 18 nitrogen and oxygen atoms in total. The number of methoxy groups -OCH3 is 2. The molecule has 0 saturated heterocycles. The number of anilines is 2. The van der Waals surface area contributed by atoms with E-state index in [1.54, 1.807) is 50.9 Å². The molecule has 2 heterocycles. The van der Waals surface area contributed by atoms with Gasteiger partial charge in [0.15, 0.2) is 23.0 Å². The van der Waals surface area contributed by atoms with Crippen molar-refractivity contribution < 1.29 is 57.2 Å². The van der Waals surface area contributed by atoms with Crippen LogP contribution in [0, 0.1) is 0 Å². The Hall–Kier alpha value is -7.96. The lowest BCUT2D eigenvalue weighted by Gasteiger charge is -2.30. The number of hydrogen-bond acceptors (Lipinski definition) is 14. The van der Waals surface area contributed by atoms with Crippen LogP contribution in [0.2, 0.25) is 0 Å². The van der Waals surface area contributed by atoms with E-state index < -0.39 is 35.9 Å². The topological polar surface area (TPSA) is 212 Å². The van der Waals surface area contributed by atoms with Crippen LogP contribution in [-0.2, 0) is 19.1 Å². The van der Waals surface area contributed by atoms with Crippen molar-refractivity contribution in [2.75, 3.05) is 38.1 Å². The van der Waals surface area contributed by atoms with Crippen molar-refractivity contribution in [1.29, 1.82) is 0 Å². The molecule has 2 unspecified atom stereocenters. The zero-order chi connectivity index (χ0) is 45.6. The standard InChI is InChI=1S/C46H46N6O12/c1-5-61-39-27-29(17-19-37(39)59-3)35-15-9-23-51(49-35)43(55)31-11-7-13-33(25-31)47-45(57)63-41(53)21-22-42(54)64-46(58)48-34-14-8-12-32(26-34)44(56)52-24-10-16-36(50-52)30-18-20-38(60-4)40(28-30)62-6-2/h7-14,17-28,35-36,49-50H,5-6,15-16H2,1-4H3,(H,47,57)(H,48,58)/b22-21+. The maximum absolute atomic E-state index is 13.4. The number of hydrazine groups is 2. The summed E-state index contributed by atoms with van der Waals surface area (Å²) >= 11 is 0. The smallest absolute Gasteiger partial charge is 0.419 e. The summed E-state index contributed by atoms with van der Waals surface area (Å²) in [5, 5.41) is 7.37. The van der Waals surface area contributed by atoms with Gasteiger partial charge < -0.3 is 28.4 Å². The molecule has 332 valence electrons. The SMILES string of the molecule is CCOc1cc(C2CC=CN(C(=O)c3cccc(NC(=O)OC(=O)/C=C/C(=O)OC(=O)Nc4cccc(C(=O)N5C=CCC(c6ccc(OC)c(OCC)c6)N5)c4)c3)N2)ccc1OC. The van der Waals surface area contributed by atoms with Crippen LogP contribution in [0.5, 0.6) is 23.0 Å². The largest absolute Gasteiger partial charge is 0.493 e. The minimum Gasteiger partial charge on any atom is -0.493 e. The van der Waals surface area contributed by atoms with Crippen molar-refractivity contribution in [1.82, 2.24) is 20.9 Å². The molecule has 0 saturated carbocycles. The molecule has 4 aromatic carbocycles. The van der Waals surface area contributed by atoms with Gasteiger partial charge in [-0.1, -0.05) is 36.4 Å². The molecule has 64 heavy (non-hydrogen) atoms. The van der Waals surface area contributed by atoms with Gasteiger partial charge in [0.25, 0.3) is 11.8 Å². The summed E-state index contributed by atoms with van der Waals surface area (Å²) in [5.74, 6) is -1.02. The Morgan fingerprint density at radius 2 is 1.02 bits per heavy atom. The van der Waals surface area contributed by atoms with Crippen LogP contribution in [0.4, 0.5) is 21.0 Å². The number of esters is 2. The number of carbonyl (C=O) groups excluding carboxylic acids is 6. The van der Waals surface area contributed by atoms with Gasteiger partial charge in [-0.15, -0.1) is 0 Å². The Bertz CT molecular complexity index is 2320. The number of benzene rings is 4. The van der Waals surface area contributed by atoms with E-state index in [0.717, 1.165) is 11.1 Å². The van der Waals surface area contributed by atoms with E-state index in [2.05, 4.69) is 21.5 Å². The fraction of sp³-hybridized carbons (Fsp3) is 0.217. The van der Waals surface area contributed by atoms with Crippen LogP contribution >= 0.6 is 0 Å². The molecule has 18 heteroatoms. The van der Waals surface area contributed by atoms with Gasteiger partial charge in [0.05, 0.1) is 39.5 Å². The summed E-state index contributed by atoms with van der Waals surface area (Å²) in [6, 6.07) is 22.5. The van der Waals surface area contributed by atoms with Crippen LogP contribution in [0.25, 0.3) is 0 Å². The Morgan fingerprint density at radius 3 is 1.41 bits per heavy atom. The number of carbonyl (C=O) groups is 6. The van der Waals surface area contributed by atoms with Crippen LogP contribution in [0.1, 0.15) is 70.6 Å². The van der Waals surface area contributed by atoms with Gasteiger partial charge in [-0.05, 0) is 98.5 Å². The van der Waals surface area contributed by atoms with Crippen molar-refractivity contribution in [3.8, 4) is 23.0 Å². The van der Waals surface area contributed by atoms with E-state index in [-0.39, 0.29) is 34.6 Å². The second-order valence-electron chi connectivity index (χ2n) is 13.8. The third kappa shape index (κ3) is 11.9. The number of rotatable bonds is 14. The predicted molar refractivity (Wildman–Crippen MR) is 232 cm³/mol. The number of nitrogens with zero attached hydrogens (tertiary/aromatic N) is 2. The molecule has 0 aliphatic carbocycles. The third-order valence-electron chi connectivity index (χ3n) is 9.51. The van der Waals surface area contributed by atoms with E-state index in [0.29, 0.717) is 61.2 Å². The van der Waals surface area contributed by atoms with Gasteiger partial charge in [-0.3, -0.25) is 20.2 Å². The highest BCUT2D eigenvalue weighted by Gasteiger charge is 2.25. The second-order valence-corrected chi connectivity index (χ2v) is 13.8. The molecule has 0 bridgehead atoms. The Kier molecular flexibility index (Phi) is 15.5. The van der Waals surface area contributed by atoms with E-state index in [1.165, 1.54) is 46.4 Å². The molecule has 0 spiro atoms. The normalized spacial score (nSPS) is 15.5. The third-order valence-corrected chi connectivity index (χ3v) is 9.51. The summed E-state index contributed by atoms with van der Waals surface area (Å²) < 4.78 is 31.5. The molecule has 2 aliphatic rings. The lowest BCUT2D eigenvalue weighted by Crippen LogP contribution is -2.43. The fourth-order valence-corrected chi connectivity index (χ4v) is 6.57. The lowest BCUT2D eigenvalue weighted by molar-refractivity contribution is -0.134. The minimum atomic E-state index is -1.25. The average Bonchev–Trinajstić information content (AvgIpc) is 3.30. The molecule has 0 fully saturated rings. The van der Waals surface area contributed by atoms with Gasteiger partial charge in [-0.25, -0.2) is 40.0 Å². The van der Waals surface area contributed by atoms with Crippen molar-refractivity contribution in [3.05, 3.63) is 144 Å². The quantitative estimate of drug-likeness (QED) is 0.0565. The summed E-state index contributed by atoms with van der Waals surface area (Å²) in [6.07, 6.45) is 6.87. The number of amides is 4. The first kappa shape index (κ1) is 45.6. The first-order valence-electron chi connectivity index (χ1n) is 20.1. The van der Waals surface area contributed by atoms with Crippen molar-refractivity contribution in [3.63, 3.8) is 0 Å². The highest BCUT2D eigenvalue weighted by atomic mass is 16.6. The Balaban J connectivity index is 0.961. The van der Waals surface area contributed by atoms with Crippen LogP contribution < -0.4 is 40.4 Å². The summed E-state index contributed by atoms with van der Waals surface area (Å²) in [7, 11) is 3.11. The Morgan fingerprint density at radius 1 is 0.594 bits per heavy atom. The molecule has 4 aromatic rings. The van der Waals surface area contributed by atoms with E-state index >= 15 is 0 Å². The second kappa shape index (κ2) is 21.7. The summed E-state index contributed by atoms with van der Waals surface area (Å²) in [4.78, 5) is 76.6. The van der Waals surface area contributed by atoms with Crippen molar-refractivity contribution >= 4 is 47.3 Å². The van der Waals surface area contributed by atoms with Crippen LogP contribution in [-0.4, -0.2) is 73.4 Å². The molecule has 6 rings (SSSR count). The zero-order valence-corrected chi connectivity index (χ0v) is 35.3. The molecule has 2 atom stereocenters. The van der Waals surface area contributed by atoms with Gasteiger partial charge in [0, 0.05) is 47.1 Å². The molecular formula is C46H46N6O12. The van der Waals surface area contributed by atoms with Gasteiger partial charge in [0.1, 0.15) is 0 Å². The molecule has 0 radical (unpaired) electrons. The monoisotopic (exact) mass is 874 g/mol. The lowest BCUT2D eigenvalue weighted by atomic mass is 10.0. The molecule has 4 amide bonds. The first-order valence-corrected chi connectivity index (χ1v) is 20.1. The highest BCUT2D eigenvalue weighted by Crippen LogP contribution is 2.34. The summed E-state index contributed by atoms with van der Waals surface area (Å²) in [5.41, 5.74) is 8.81. The van der Waals surface area contributed by atoms with Gasteiger partial charge in [-0.2, -0.15) is 0 Å². The number of hydrogen-bond donors (Lipinski definition) is 4. The average molecular weight is 875 g/mol. The van der Waals surface area contributed by atoms with E-state index in [4.69, 9.17) is 28.4 Å². The Labute approximate surface area is 368 Å². The van der Waals surface area contributed by atoms with Crippen molar-refractivity contribution in [2.24, 2.45) is 0 Å². The molecule has 2 aliphatic heterocycles. The fourth-order valence-electron chi connectivity index (χ4n) is 6.57. The number of nitrogens with one attached hydrogen (secondary N) is 4. The number of ether oxygens (including phenoxy) is 6. The van der Waals surface area contributed by atoms with E-state index in [1.807, 2.05) is 50.3 Å². The van der Waals surface area contributed by atoms with Crippen LogP contribution in [0.3, 0.4) is 0 Å². The zero-order valence-electron chi connectivity index (χ0n) is 35.3. The minimum absolute atomic E-state index is 0.140. The molecule has 0 aromatic heterocycles.